The van der Waals surface area contributed by atoms with Crippen LogP contribution in [0.25, 0.3) is 0 Å². The standard InChI is InChI=1S/C23H25NO6S2/c1-15(14-28-3)29-19-9-17(11-22(25)23-24-13-16(2)31-23)10-20(12-19)30-18-5-7-21(8-6-18)32(4,26)27/h5-10,12-13,15H,11,14H2,1-4H3/t15-/m0/s1. The molecule has 0 aliphatic heterocycles. The Kier molecular flexibility index (Phi) is 7.65. The van der Waals surface area contributed by atoms with Crippen LogP contribution < -0.4 is 9.47 Å². The highest BCUT2D eigenvalue weighted by Crippen LogP contribution is 2.30. The van der Waals surface area contributed by atoms with E-state index in [1.54, 1.807) is 43.6 Å². The smallest absolute Gasteiger partial charge is 0.195 e. The van der Waals surface area contributed by atoms with E-state index in [4.69, 9.17) is 14.2 Å². The first-order chi connectivity index (χ1) is 15.1. The van der Waals surface area contributed by atoms with Crippen molar-refractivity contribution in [2.45, 2.75) is 31.3 Å². The number of ketones is 1. The van der Waals surface area contributed by atoms with Crippen LogP contribution >= 0.6 is 11.3 Å². The molecule has 3 rings (SSSR count). The Morgan fingerprint density at radius 1 is 1.09 bits per heavy atom. The number of thiazole rings is 1. The molecule has 7 nitrogen and oxygen atoms in total. The van der Waals surface area contributed by atoms with Crippen LogP contribution in [-0.4, -0.2) is 45.3 Å². The minimum atomic E-state index is -3.29. The van der Waals surface area contributed by atoms with Gasteiger partial charge in [-0.1, -0.05) is 0 Å². The lowest BCUT2D eigenvalue weighted by Crippen LogP contribution is -2.18. The molecule has 1 heterocycles. The number of sulfone groups is 1. The Bertz CT molecular complexity index is 1190. The first-order valence-corrected chi connectivity index (χ1v) is 12.6. The highest BCUT2D eigenvalue weighted by Gasteiger charge is 2.15. The van der Waals surface area contributed by atoms with Crippen molar-refractivity contribution in [3.05, 3.63) is 64.1 Å². The van der Waals surface area contributed by atoms with Gasteiger partial charge in [0.2, 0.25) is 0 Å². The van der Waals surface area contributed by atoms with Crippen molar-refractivity contribution in [2.24, 2.45) is 0 Å². The van der Waals surface area contributed by atoms with Crippen molar-refractivity contribution < 1.29 is 27.4 Å². The SMILES string of the molecule is COC[C@H](C)Oc1cc(CC(=O)c2ncc(C)s2)cc(Oc2ccc(S(C)(=O)=O)cc2)c1. The van der Waals surface area contributed by atoms with Crippen LogP contribution in [0.2, 0.25) is 0 Å². The lowest BCUT2D eigenvalue weighted by atomic mass is 10.1. The molecule has 0 amide bonds. The lowest BCUT2D eigenvalue weighted by molar-refractivity contribution is 0.0918. The average molecular weight is 476 g/mol. The summed E-state index contributed by atoms with van der Waals surface area (Å²) in [6.45, 7) is 4.19. The molecular weight excluding hydrogens is 450 g/mol. The van der Waals surface area contributed by atoms with Gasteiger partial charge in [-0.3, -0.25) is 4.79 Å². The van der Waals surface area contributed by atoms with Crippen molar-refractivity contribution in [1.29, 1.82) is 0 Å². The zero-order valence-corrected chi connectivity index (χ0v) is 20.0. The van der Waals surface area contributed by atoms with Gasteiger partial charge in [0.25, 0.3) is 0 Å². The second-order valence-corrected chi connectivity index (χ2v) is 10.7. The number of hydrogen-bond donors (Lipinski definition) is 0. The normalized spacial score (nSPS) is 12.4. The molecule has 0 saturated heterocycles. The number of nitrogens with zero attached hydrogens (tertiary/aromatic N) is 1. The molecule has 3 aromatic rings. The number of hydrogen-bond acceptors (Lipinski definition) is 8. The maximum atomic E-state index is 12.7. The van der Waals surface area contributed by atoms with E-state index < -0.39 is 9.84 Å². The molecule has 2 aromatic carbocycles. The first-order valence-electron chi connectivity index (χ1n) is 9.87. The number of rotatable bonds is 10. The Hall–Kier alpha value is -2.75. The Morgan fingerprint density at radius 2 is 1.78 bits per heavy atom. The molecule has 0 radical (unpaired) electrons. The third kappa shape index (κ3) is 6.62. The molecule has 9 heteroatoms. The van der Waals surface area contributed by atoms with Gasteiger partial charge < -0.3 is 14.2 Å². The topological polar surface area (TPSA) is 91.8 Å². The van der Waals surface area contributed by atoms with Gasteiger partial charge in [-0.2, -0.15) is 0 Å². The zero-order valence-electron chi connectivity index (χ0n) is 18.3. The second kappa shape index (κ2) is 10.2. The molecule has 0 N–H and O–H groups in total. The summed E-state index contributed by atoms with van der Waals surface area (Å²) in [6, 6.07) is 11.4. The summed E-state index contributed by atoms with van der Waals surface area (Å²) in [7, 11) is -1.70. The molecule has 0 spiro atoms. The molecular formula is C23H25NO6S2. The van der Waals surface area contributed by atoms with Gasteiger partial charge in [0.1, 0.15) is 23.4 Å². The Morgan fingerprint density at radius 3 is 2.38 bits per heavy atom. The summed E-state index contributed by atoms with van der Waals surface area (Å²) < 4.78 is 40.3. The number of benzene rings is 2. The monoisotopic (exact) mass is 475 g/mol. The van der Waals surface area contributed by atoms with Crippen LogP contribution in [0.3, 0.4) is 0 Å². The molecule has 170 valence electrons. The van der Waals surface area contributed by atoms with Crippen molar-refractivity contribution in [3.8, 4) is 17.2 Å². The summed E-state index contributed by atoms with van der Waals surface area (Å²) >= 11 is 1.36. The van der Waals surface area contributed by atoms with Gasteiger partial charge in [0.05, 0.1) is 11.5 Å². The fraction of sp³-hybridized carbons (Fsp3) is 0.304. The largest absolute Gasteiger partial charge is 0.488 e. The van der Waals surface area contributed by atoms with E-state index >= 15 is 0 Å². The number of carbonyl (C=O) groups excluding carboxylic acids is 1. The number of aromatic nitrogens is 1. The van der Waals surface area contributed by atoms with Gasteiger partial charge in [-0.05, 0) is 55.8 Å². The van der Waals surface area contributed by atoms with E-state index in [1.165, 1.54) is 23.5 Å². The molecule has 0 aliphatic carbocycles. The van der Waals surface area contributed by atoms with E-state index in [9.17, 15) is 13.2 Å². The summed E-state index contributed by atoms with van der Waals surface area (Å²) in [5.74, 6) is 1.39. The van der Waals surface area contributed by atoms with E-state index in [-0.39, 0.29) is 23.2 Å². The van der Waals surface area contributed by atoms with Crippen molar-refractivity contribution in [1.82, 2.24) is 4.98 Å². The third-order valence-corrected chi connectivity index (χ3v) is 6.47. The number of Topliss-reactive ketones (excluding diaryl/α,β-unsaturated/α-hetero) is 1. The van der Waals surface area contributed by atoms with Crippen LogP contribution in [0.1, 0.15) is 27.2 Å². The summed E-state index contributed by atoms with van der Waals surface area (Å²) in [5.41, 5.74) is 0.715. The Balaban J connectivity index is 1.86. The summed E-state index contributed by atoms with van der Waals surface area (Å²) in [5, 5.41) is 0.459. The molecule has 1 aromatic heterocycles. The molecule has 0 fully saturated rings. The van der Waals surface area contributed by atoms with Crippen LogP contribution in [0.15, 0.2) is 53.6 Å². The molecule has 32 heavy (non-hydrogen) atoms. The molecule has 0 bridgehead atoms. The third-order valence-electron chi connectivity index (χ3n) is 4.39. The van der Waals surface area contributed by atoms with Gasteiger partial charge in [-0.15, -0.1) is 11.3 Å². The summed E-state index contributed by atoms with van der Waals surface area (Å²) in [6.07, 6.45) is 2.78. The van der Waals surface area contributed by atoms with E-state index in [1.807, 2.05) is 13.8 Å². The molecule has 0 saturated carbocycles. The quantitative estimate of drug-likeness (QED) is 0.399. The van der Waals surface area contributed by atoms with E-state index in [0.717, 1.165) is 11.1 Å². The van der Waals surface area contributed by atoms with Gasteiger partial charge in [0.15, 0.2) is 20.6 Å². The highest BCUT2D eigenvalue weighted by molar-refractivity contribution is 7.90. The predicted molar refractivity (Wildman–Crippen MR) is 123 cm³/mol. The minimum Gasteiger partial charge on any atom is -0.488 e. The summed E-state index contributed by atoms with van der Waals surface area (Å²) in [4.78, 5) is 18.0. The van der Waals surface area contributed by atoms with E-state index in [2.05, 4.69) is 4.98 Å². The maximum Gasteiger partial charge on any atom is 0.195 e. The van der Waals surface area contributed by atoms with Crippen LogP contribution in [0.5, 0.6) is 17.2 Å². The second-order valence-electron chi connectivity index (χ2n) is 7.42. The molecule has 0 aliphatic rings. The predicted octanol–water partition coefficient (Wildman–Crippen LogP) is 4.49. The number of methoxy groups -OCH3 is 1. The number of carbonyl (C=O) groups is 1. The fourth-order valence-electron chi connectivity index (χ4n) is 3.00. The average Bonchev–Trinajstić information content (AvgIpc) is 3.14. The Labute approximate surface area is 191 Å². The lowest BCUT2D eigenvalue weighted by Gasteiger charge is -2.16. The maximum absolute atomic E-state index is 12.7. The van der Waals surface area contributed by atoms with Crippen LogP contribution in [-0.2, 0) is 21.0 Å². The fourth-order valence-corrected chi connectivity index (χ4v) is 4.33. The van der Waals surface area contributed by atoms with Gasteiger partial charge >= 0.3 is 0 Å². The number of ether oxygens (including phenoxy) is 3. The van der Waals surface area contributed by atoms with Crippen molar-refractivity contribution >= 4 is 27.0 Å². The van der Waals surface area contributed by atoms with Gasteiger partial charge in [0, 0.05) is 36.9 Å². The van der Waals surface area contributed by atoms with Gasteiger partial charge in [-0.25, -0.2) is 13.4 Å². The first kappa shape index (κ1) is 23.9. The van der Waals surface area contributed by atoms with E-state index in [0.29, 0.717) is 34.4 Å². The van der Waals surface area contributed by atoms with Crippen LogP contribution in [0.4, 0.5) is 0 Å². The van der Waals surface area contributed by atoms with Crippen LogP contribution in [0, 0.1) is 6.92 Å². The van der Waals surface area contributed by atoms with Crippen molar-refractivity contribution in [2.75, 3.05) is 20.0 Å². The van der Waals surface area contributed by atoms with Crippen molar-refractivity contribution in [3.63, 3.8) is 0 Å². The minimum absolute atomic E-state index is 0.0892. The zero-order chi connectivity index (χ0) is 23.3. The number of aryl methyl sites for hydroxylation is 1. The highest BCUT2D eigenvalue weighted by atomic mass is 32.2. The molecule has 0 unspecified atom stereocenters. The molecule has 1 atom stereocenters.